The van der Waals surface area contributed by atoms with Crippen LogP contribution in [0.2, 0.25) is 10.0 Å². The van der Waals surface area contributed by atoms with Crippen LogP contribution in [0.25, 0.3) is 0 Å². The first-order valence-electron chi connectivity index (χ1n) is 10.4. The molecule has 2 saturated heterocycles. The van der Waals surface area contributed by atoms with Gasteiger partial charge in [-0.25, -0.2) is 0 Å². The number of nitrogens with zero attached hydrogens (tertiary/aromatic N) is 3. The lowest BCUT2D eigenvalue weighted by Crippen LogP contribution is -2.53. The Morgan fingerprint density at radius 2 is 1.53 bits per heavy atom. The summed E-state index contributed by atoms with van der Waals surface area (Å²) >= 11 is 12.2. The highest BCUT2D eigenvalue weighted by Gasteiger charge is 2.33. The fraction of sp³-hybridized carbons (Fsp3) is 0.391. The van der Waals surface area contributed by atoms with Gasteiger partial charge in [0, 0.05) is 49.9 Å². The van der Waals surface area contributed by atoms with E-state index >= 15 is 0 Å². The molecular formula is C23H25Cl2N3O2. The molecule has 2 heterocycles. The average Bonchev–Trinajstić information content (AvgIpc) is 2.79. The van der Waals surface area contributed by atoms with Crippen molar-refractivity contribution in [1.82, 2.24) is 9.80 Å². The summed E-state index contributed by atoms with van der Waals surface area (Å²) in [5.41, 5.74) is 1.63. The Kier molecular flexibility index (Phi) is 6.49. The highest BCUT2D eigenvalue weighted by atomic mass is 35.5. The predicted molar refractivity (Wildman–Crippen MR) is 120 cm³/mol. The van der Waals surface area contributed by atoms with Gasteiger partial charge in [-0.15, -0.1) is 0 Å². The maximum atomic E-state index is 13.1. The Hall–Kier alpha value is -2.24. The quantitative estimate of drug-likeness (QED) is 0.710. The number of rotatable bonds is 3. The maximum Gasteiger partial charge on any atom is 0.253 e. The summed E-state index contributed by atoms with van der Waals surface area (Å²) in [6.45, 7) is 4.03. The minimum absolute atomic E-state index is 0.0345. The molecule has 2 aromatic carbocycles. The molecule has 0 radical (unpaired) electrons. The zero-order valence-corrected chi connectivity index (χ0v) is 18.3. The fourth-order valence-corrected chi connectivity index (χ4v) is 4.65. The Bertz CT molecular complexity index is 911. The largest absolute Gasteiger partial charge is 0.367 e. The molecule has 2 aliphatic heterocycles. The second-order valence-corrected chi connectivity index (χ2v) is 8.70. The van der Waals surface area contributed by atoms with E-state index in [9.17, 15) is 9.59 Å². The van der Waals surface area contributed by atoms with Crippen LogP contribution in [-0.4, -0.2) is 60.9 Å². The summed E-state index contributed by atoms with van der Waals surface area (Å²) in [5, 5.41) is 1.34. The van der Waals surface area contributed by atoms with Gasteiger partial charge in [-0.2, -0.15) is 0 Å². The van der Waals surface area contributed by atoms with Crippen LogP contribution in [0, 0.1) is 5.92 Å². The summed E-state index contributed by atoms with van der Waals surface area (Å²) in [6.07, 6.45) is 1.67. The molecule has 0 bridgehead atoms. The molecule has 5 nitrogen and oxygen atoms in total. The summed E-state index contributed by atoms with van der Waals surface area (Å²) in [7, 11) is 0. The number of amides is 2. The minimum Gasteiger partial charge on any atom is -0.367 e. The molecule has 0 N–H and O–H groups in total. The summed E-state index contributed by atoms with van der Waals surface area (Å²) < 4.78 is 0. The second kappa shape index (κ2) is 9.27. The van der Waals surface area contributed by atoms with Crippen molar-refractivity contribution in [2.24, 2.45) is 5.92 Å². The van der Waals surface area contributed by atoms with Crippen LogP contribution in [0.4, 0.5) is 5.69 Å². The highest BCUT2D eigenvalue weighted by Crippen LogP contribution is 2.27. The molecule has 1 unspecified atom stereocenters. The van der Waals surface area contributed by atoms with E-state index in [4.69, 9.17) is 23.2 Å². The number of hydrogen-bond donors (Lipinski definition) is 0. The van der Waals surface area contributed by atoms with Gasteiger partial charge in [0.1, 0.15) is 0 Å². The smallest absolute Gasteiger partial charge is 0.253 e. The van der Waals surface area contributed by atoms with E-state index in [1.54, 1.807) is 29.2 Å². The van der Waals surface area contributed by atoms with Crippen LogP contribution in [-0.2, 0) is 4.79 Å². The van der Waals surface area contributed by atoms with E-state index in [2.05, 4.69) is 4.90 Å². The van der Waals surface area contributed by atoms with Gasteiger partial charge in [0.15, 0.2) is 0 Å². The zero-order valence-electron chi connectivity index (χ0n) is 16.8. The lowest BCUT2D eigenvalue weighted by atomic mass is 9.95. The maximum absolute atomic E-state index is 13.1. The minimum atomic E-state index is -0.137. The van der Waals surface area contributed by atoms with Crippen LogP contribution >= 0.6 is 23.2 Å². The Labute approximate surface area is 187 Å². The zero-order chi connectivity index (χ0) is 21.1. The molecule has 2 amide bonds. The van der Waals surface area contributed by atoms with Crippen molar-refractivity contribution in [2.45, 2.75) is 12.8 Å². The summed E-state index contributed by atoms with van der Waals surface area (Å²) in [4.78, 5) is 31.9. The highest BCUT2D eigenvalue weighted by molar-refractivity contribution is 6.33. The van der Waals surface area contributed by atoms with Crippen molar-refractivity contribution < 1.29 is 9.59 Å². The van der Waals surface area contributed by atoms with E-state index in [0.717, 1.165) is 36.6 Å². The van der Waals surface area contributed by atoms with Crippen molar-refractivity contribution in [3.63, 3.8) is 0 Å². The SMILES string of the molecule is O=C(c1ccc(Cl)cc1)N1CCCC(C(=O)N2CCN(c3ccccc3Cl)CC2)C1. The fourth-order valence-electron chi connectivity index (χ4n) is 4.27. The predicted octanol–water partition coefficient (Wildman–Crippen LogP) is 4.19. The number of carbonyl (C=O) groups is 2. The van der Waals surface area contributed by atoms with Crippen LogP contribution < -0.4 is 4.90 Å². The number of halogens is 2. The molecule has 158 valence electrons. The normalized spacial score (nSPS) is 19.7. The van der Waals surface area contributed by atoms with Gasteiger partial charge in [-0.05, 0) is 49.2 Å². The number of hydrogen-bond acceptors (Lipinski definition) is 3. The molecule has 2 aromatic rings. The van der Waals surface area contributed by atoms with Crippen molar-refractivity contribution in [3.05, 3.63) is 64.1 Å². The monoisotopic (exact) mass is 445 g/mol. The number of para-hydroxylation sites is 1. The summed E-state index contributed by atoms with van der Waals surface area (Å²) in [5.74, 6) is -0.0167. The van der Waals surface area contributed by atoms with Crippen LogP contribution in [0.3, 0.4) is 0 Å². The van der Waals surface area contributed by atoms with E-state index in [1.165, 1.54) is 0 Å². The standard InChI is InChI=1S/C23H25Cl2N3O2/c24-19-9-7-17(8-10-19)22(29)28-11-3-4-18(16-28)23(30)27-14-12-26(13-15-27)21-6-2-1-5-20(21)25/h1-2,5-10,18H,3-4,11-16H2. The molecule has 2 aliphatic rings. The first-order chi connectivity index (χ1) is 14.5. The molecule has 2 fully saturated rings. The van der Waals surface area contributed by atoms with Crippen molar-refractivity contribution in [3.8, 4) is 0 Å². The van der Waals surface area contributed by atoms with Crippen LogP contribution in [0.15, 0.2) is 48.5 Å². The van der Waals surface area contributed by atoms with E-state index < -0.39 is 0 Å². The first kappa shape index (κ1) is 21.0. The average molecular weight is 446 g/mol. The summed E-state index contributed by atoms with van der Waals surface area (Å²) in [6, 6.07) is 14.7. The number of piperidine rings is 1. The Morgan fingerprint density at radius 3 is 2.23 bits per heavy atom. The van der Waals surface area contributed by atoms with Gasteiger partial charge in [-0.3, -0.25) is 9.59 Å². The van der Waals surface area contributed by atoms with E-state index in [0.29, 0.717) is 36.8 Å². The molecule has 0 saturated carbocycles. The van der Waals surface area contributed by atoms with Crippen molar-refractivity contribution in [1.29, 1.82) is 0 Å². The van der Waals surface area contributed by atoms with Crippen molar-refractivity contribution >= 4 is 40.7 Å². The van der Waals surface area contributed by atoms with Crippen LogP contribution in [0.1, 0.15) is 23.2 Å². The third-order valence-electron chi connectivity index (χ3n) is 5.93. The third kappa shape index (κ3) is 4.57. The molecule has 0 spiro atoms. The second-order valence-electron chi connectivity index (χ2n) is 7.86. The molecule has 0 aromatic heterocycles. The lowest BCUT2D eigenvalue weighted by molar-refractivity contribution is -0.137. The molecular weight excluding hydrogens is 421 g/mol. The van der Waals surface area contributed by atoms with Gasteiger partial charge in [0.25, 0.3) is 5.91 Å². The van der Waals surface area contributed by atoms with Gasteiger partial charge in [-0.1, -0.05) is 35.3 Å². The Balaban J connectivity index is 1.35. The molecule has 0 aliphatic carbocycles. The van der Waals surface area contributed by atoms with Gasteiger partial charge in [0.2, 0.25) is 5.91 Å². The number of benzene rings is 2. The molecule has 30 heavy (non-hydrogen) atoms. The van der Waals surface area contributed by atoms with Crippen LogP contribution in [0.5, 0.6) is 0 Å². The molecule has 1 atom stereocenters. The van der Waals surface area contributed by atoms with E-state index in [-0.39, 0.29) is 17.7 Å². The number of piperazine rings is 1. The molecule has 7 heteroatoms. The molecule has 4 rings (SSSR count). The van der Waals surface area contributed by atoms with Gasteiger partial charge < -0.3 is 14.7 Å². The first-order valence-corrected chi connectivity index (χ1v) is 11.1. The van der Waals surface area contributed by atoms with Crippen molar-refractivity contribution in [2.75, 3.05) is 44.2 Å². The number of carbonyl (C=O) groups excluding carboxylic acids is 2. The number of likely N-dealkylation sites (tertiary alicyclic amines) is 1. The lowest BCUT2D eigenvalue weighted by Gasteiger charge is -2.40. The van der Waals surface area contributed by atoms with Gasteiger partial charge in [0.05, 0.1) is 16.6 Å². The van der Waals surface area contributed by atoms with E-state index in [1.807, 2.05) is 29.2 Å². The third-order valence-corrected chi connectivity index (χ3v) is 6.51. The number of anilines is 1. The van der Waals surface area contributed by atoms with Gasteiger partial charge >= 0.3 is 0 Å². The Morgan fingerprint density at radius 1 is 0.833 bits per heavy atom. The topological polar surface area (TPSA) is 43.9 Å².